The molecule has 2 atom stereocenters. The average molecular weight is 279 g/mol. The molecule has 0 saturated heterocycles. The zero-order valence-corrected chi connectivity index (χ0v) is 11.3. The lowest BCUT2D eigenvalue weighted by molar-refractivity contribution is -0.143. The fourth-order valence-corrected chi connectivity index (χ4v) is 2.19. The maximum atomic E-state index is 13.5. The Morgan fingerprint density at radius 2 is 2.05 bits per heavy atom. The van der Waals surface area contributed by atoms with Gasteiger partial charge in [0.05, 0.1) is 0 Å². The molecule has 108 valence electrons. The monoisotopic (exact) mass is 279 g/mol. The third-order valence-electron chi connectivity index (χ3n) is 3.59. The Balaban J connectivity index is 1.95. The quantitative estimate of drug-likeness (QED) is 0.836. The molecule has 1 aromatic rings. The van der Waals surface area contributed by atoms with E-state index in [-0.39, 0.29) is 24.1 Å². The highest BCUT2D eigenvalue weighted by molar-refractivity contribution is 5.85. The van der Waals surface area contributed by atoms with Crippen molar-refractivity contribution in [1.82, 2.24) is 5.32 Å². The van der Waals surface area contributed by atoms with E-state index in [4.69, 9.17) is 5.11 Å². The van der Waals surface area contributed by atoms with Gasteiger partial charge in [-0.3, -0.25) is 4.79 Å². The van der Waals surface area contributed by atoms with Crippen LogP contribution in [0, 0.1) is 17.7 Å². The van der Waals surface area contributed by atoms with Crippen LogP contribution in [0.25, 0.3) is 0 Å². The summed E-state index contributed by atoms with van der Waals surface area (Å²) in [6, 6.07) is 5.48. The molecule has 0 radical (unpaired) electrons. The lowest BCUT2D eigenvalue weighted by atomic mass is 9.99. The molecule has 20 heavy (non-hydrogen) atoms. The van der Waals surface area contributed by atoms with Crippen LogP contribution < -0.4 is 5.32 Å². The van der Waals surface area contributed by atoms with Gasteiger partial charge in [0.25, 0.3) is 0 Å². The van der Waals surface area contributed by atoms with Crippen molar-refractivity contribution in [2.75, 3.05) is 0 Å². The molecule has 0 spiro atoms. The van der Waals surface area contributed by atoms with Gasteiger partial charge in [0.1, 0.15) is 11.9 Å². The second-order valence-electron chi connectivity index (χ2n) is 5.36. The molecule has 2 rings (SSSR count). The third kappa shape index (κ3) is 3.56. The number of carboxylic acids is 1. The number of aliphatic carboxylic acids is 1. The maximum absolute atomic E-state index is 13.5. The lowest BCUT2D eigenvalue weighted by Crippen LogP contribution is -2.44. The van der Waals surface area contributed by atoms with Gasteiger partial charge < -0.3 is 10.4 Å². The topological polar surface area (TPSA) is 66.4 Å². The summed E-state index contributed by atoms with van der Waals surface area (Å²) in [4.78, 5) is 23.1. The second kappa shape index (κ2) is 6.03. The molecule has 1 aromatic carbocycles. The molecule has 0 aliphatic heterocycles. The molecule has 0 aromatic heterocycles. The predicted molar refractivity (Wildman–Crippen MR) is 71.6 cm³/mol. The SMILES string of the molecule is CC(Cc1ccccc1F)C(=O)NC(C(=O)O)C1CC1. The molecular formula is C15H18FNO3. The van der Waals surface area contributed by atoms with Crippen LogP contribution in [0.4, 0.5) is 4.39 Å². The second-order valence-corrected chi connectivity index (χ2v) is 5.36. The molecule has 1 aliphatic carbocycles. The van der Waals surface area contributed by atoms with Crippen molar-refractivity contribution in [2.24, 2.45) is 11.8 Å². The summed E-state index contributed by atoms with van der Waals surface area (Å²) in [5.41, 5.74) is 0.466. The van der Waals surface area contributed by atoms with Gasteiger partial charge in [0.2, 0.25) is 5.91 Å². The molecule has 5 heteroatoms. The first kappa shape index (κ1) is 14.5. The zero-order valence-electron chi connectivity index (χ0n) is 11.3. The Morgan fingerprint density at radius 1 is 1.40 bits per heavy atom. The fourth-order valence-electron chi connectivity index (χ4n) is 2.19. The molecule has 0 bridgehead atoms. The van der Waals surface area contributed by atoms with E-state index in [2.05, 4.69) is 5.32 Å². The van der Waals surface area contributed by atoms with Gasteiger partial charge in [-0.25, -0.2) is 9.18 Å². The Kier molecular flexibility index (Phi) is 4.37. The van der Waals surface area contributed by atoms with Crippen molar-refractivity contribution in [3.8, 4) is 0 Å². The molecular weight excluding hydrogens is 261 g/mol. The van der Waals surface area contributed by atoms with E-state index in [9.17, 15) is 14.0 Å². The summed E-state index contributed by atoms with van der Waals surface area (Å²) < 4.78 is 13.5. The van der Waals surface area contributed by atoms with Crippen LogP contribution in [-0.2, 0) is 16.0 Å². The summed E-state index contributed by atoms with van der Waals surface area (Å²) >= 11 is 0. The number of nitrogens with one attached hydrogen (secondary N) is 1. The van der Waals surface area contributed by atoms with E-state index in [0.29, 0.717) is 5.56 Å². The summed E-state index contributed by atoms with van der Waals surface area (Å²) in [7, 11) is 0. The highest BCUT2D eigenvalue weighted by Gasteiger charge is 2.37. The Labute approximate surface area is 117 Å². The first-order valence-corrected chi connectivity index (χ1v) is 6.75. The van der Waals surface area contributed by atoms with Gasteiger partial charge in [-0.1, -0.05) is 25.1 Å². The number of carbonyl (C=O) groups is 2. The van der Waals surface area contributed by atoms with Crippen molar-refractivity contribution < 1.29 is 19.1 Å². The van der Waals surface area contributed by atoms with E-state index >= 15 is 0 Å². The van der Waals surface area contributed by atoms with Crippen molar-refractivity contribution >= 4 is 11.9 Å². The van der Waals surface area contributed by atoms with Crippen LogP contribution in [0.1, 0.15) is 25.3 Å². The number of amides is 1. The van der Waals surface area contributed by atoms with Gasteiger partial charge in [-0.15, -0.1) is 0 Å². The van der Waals surface area contributed by atoms with Crippen molar-refractivity contribution in [3.63, 3.8) is 0 Å². The van der Waals surface area contributed by atoms with Crippen molar-refractivity contribution in [2.45, 2.75) is 32.2 Å². The maximum Gasteiger partial charge on any atom is 0.326 e. The van der Waals surface area contributed by atoms with E-state index < -0.39 is 17.9 Å². The Morgan fingerprint density at radius 3 is 2.60 bits per heavy atom. The molecule has 4 nitrogen and oxygen atoms in total. The normalized spacial score (nSPS) is 17.3. The van der Waals surface area contributed by atoms with Crippen LogP contribution in [-0.4, -0.2) is 23.0 Å². The average Bonchev–Trinajstić information content (AvgIpc) is 3.22. The number of benzene rings is 1. The van der Waals surface area contributed by atoms with Gasteiger partial charge >= 0.3 is 5.97 Å². The van der Waals surface area contributed by atoms with Crippen LogP contribution >= 0.6 is 0 Å². The molecule has 2 N–H and O–H groups in total. The highest BCUT2D eigenvalue weighted by Crippen LogP contribution is 2.32. The minimum absolute atomic E-state index is 0.0390. The number of hydrogen-bond acceptors (Lipinski definition) is 2. The van der Waals surface area contributed by atoms with E-state index in [1.54, 1.807) is 25.1 Å². The van der Waals surface area contributed by atoms with Gasteiger partial charge in [0, 0.05) is 5.92 Å². The molecule has 0 heterocycles. The first-order chi connectivity index (χ1) is 9.49. The third-order valence-corrected chi connectivity index (χ3v) is 3.59. The highest BCUT2D eigenvalue weighted by atomic mass is 19.1. The van der Waals surface area contributed by atoms with Crippen LogP contribution in [0.2, 0.25) is 0 Å². The zero-order chi connectivity index (χ0) is 14.7. The minimum atomic E-state index is -1.00. The van der Waals surface area contributed by atoms with Crippen molar-refractivity contribution in [1.29, 1.82) is 0 Å². The van der Waals surface area contributed by atoms with Crippen molar-refractivity contribution in [3.05, 3.63) is 35.6 Å². The van der Waals surface area contributed by atoms with Crippen LogP contribution in [0.5, 0.6) is 0 Å². The standard InChI is InChI=1S/C15H18FNO3/c1-9(8-11-4-2-3-5-12(11)16)14(18)17-13(15(19)20)10-6-7-10/h2-5,9-10,13H,6-8H2,1H3,(H,17,18)(H,19,20). The van der Waals surface area contributed by atoms with Crippen LogP contribution in [0.3, 0.4) is 0 Å². The molecule has 1 amide bonds. The number of carbonyl (C=O) groups excluding carboxylic acids is 1. The number of halogens is 1. The largest absolute Gasteiger partial charge is 0.480 e. The molecule has 1 fully saturated rings. The van der Waals surface area contributed by atoms with Gasteiger partial charge in [0.15, 0.2) is 0 Å². The molecule has 2 unspecified atom stereocenters. The van der Waals surface area contributed by atoms with Gasteiger partial charge in [-0.05, 0) is 36.8 Å². The van der Waals surface area contributed by atoms with E-state index in [1.165, 1.54) is 6.07 Å². The lowest BCUT2D eigenvalue weighted by Gasteiger charge is -2.17. The first-order valence-electron chi connectivity index (χ1n) is 6.75. The minimum Gasteiger partial charge on any atom is -0.480 e. The number of carboxylic acid groups (broad SMARTS) is 1. The van der Waals surface area contributed by atoms with E-state index in [1.807, 2.05) is 0 Å². The van der Waals surface area contributed by atoms with E-state index in [0.717, 1.165) is 12.8 Å². The fraction of sp³-hybridized carbons (Fsp3) is 0.467. The number of hydrogen-bond donors (Lipinski definition) is 2. The van der Waals surface area contributed by atoms with Gasteiger partial charge in [-0.2, -0.15) is 0 Å². The Bertz CT molecular complexity index is 514. The summed E-state index contributed by atoms with van der Waals surface area (Å²) in [5.74, 6) is -2.11. The molecule has 1 aliphatic rings. The predicted octanol–water partition coefficient (Wildman–Crippen LogP) is 1.98. The Hall–Kier alpha value is -1.91. The number of rotatable bonds is 6. The summed E-state index contributed by atoms with van der Waals surface area (Å²) in [6.45, 7) is 1.67. The summed E-state index contributed by atoms with van der Waals surface area (Å²) in [5, 5.41) is 11.6. The molecule has 1 saturated carbocycles. The van der Waals surface area contributed by atoms with Crippen LogP contribution in [0.15, 0.2) is 24.3 Å². The smallest absolute Gasteiger partial charge is 0.326 e. The summed E-state index contributed by atoms with van der Waals surface area (Å²) in [6.07, 6.45) is 1.92.